The summed E-state index contributed by atoms with van der Waals surface area (Å²) in [6, 6.07) is 16.5. The van der Waals surface area contributed by atoms with Crippen LogP contribution >= 0.6 is 0 Å². The molecule has 1 aliphatic rings. The quantitative estimate of drug-likeness (QED) is 0.144. The highest BCUT2D eigenvalue weighted by atomic mass is 32.2. The molecule has 0 aliphatic heterocycles. The first-order valence-corrected chi connectivity index (χ1v) is 18.5. The Morgan fingerprint density at radius 1 is 0.979 bits per heavy atom. The number of nitrogens with zero attached hydrogens (tertiary/aromatic N) is 3. The molecule has 1 fully saturated rings. The van der Waals surface area contributed by atoms with Gasteiger partial charge in [-0.3, -0.25) is 9.59 Å². The van der Waals surface area contributed by atoms with Crippen LogP contribution in [0.4, 0.5) is 5.69 Å². The fourth-order valence-electron chi connectivity index (χ4n) is 6.42. The smallest absolute Gasteiger partial charge is 0.264 e. The normalized spacial score (nSPS) is 14.4. The van der Waals surface area contributed by atoms with Crippen LogP contribution in [0.1, 0.15) is 95.6 Å². The minimum Gasteiger partial charge on any atom is -0.324 e. The summed E-state index contributed by atoms with van der Waals surface area (Å²) in [6.45, 7) is 8.48. The van der Waals surface area contributed by atoms with Gasteiger partial charge in [0.15, 0.2) is 5.65 Å². The molecule has 0 bridgehead atoms. The number of hydrogen-bond acceptors (Lipinski definition) is 6. The summed E-state index contributed by atoms with van der Waals surface area (Å²) >= 11 is 0. The molecule has 4 aromatic rings. The molecular weight excluding hydrogens is 611 g/mol. The molecule has 0 spiro atoms. The van der Waals surface area contributed by atoms with Gasteiger partial charge in [-0.25, -0.2) is 23.1 Å². The molecule has 2 N–H and O–H groups in total. The molecule has 47 heavy (non-hydrogen) atoms. The van der Waals surface area contributed by atoms with E-state index < -0.39 is 15.9 Å². The zero-order valence-electron chi connectivity index (χ0n) is 28.0. The van der Waals surface area contributed by atoms with Gasteiger partial charge in [0, 0.05) is 24.3 Å². The molecule has 10 heteroatoms. The van der Waals surface area contributed by atoms with Gasteiger partial charge >= 0.3 is 0 Å². The second-order valence-electron chi connectivity index (χ2n) is 12.8. The number of carbonyl (C=O) groups excluding carboxylic acids is 2. The van der Waals surface area contributed by atoms with E-state index >= 15 is 0 Å². The predicted octanol–water partition coefficient (Wildman–Crippen LogP) is 7.56. The number of imidazole rings is 1. The second kappa shape index (κ2) is 15.2. The zero-order valence-corrected chi connectivity index (χ0v) is 28.8. The maximum absolute atomic E-state index is 13.5. The maximum atomic E-state index is 13.5. The summed E-state index contributed by atoms with van der Waals surface area (Å²) in [4.78, 5) is 35.3. The molecule has 2 amide bonds. The molecule has 2 aromatic heterocycles. The van der Waals surface area contributed by atoms with Gasteiger partial charge in [0.25, 0.3) is 10.0 Å². The number of hydrogen-bond donors (Lipinski definition) is 2. The lowest BCUT2D eigenvalue weighted by atomic mass is 9.92. The SMILES string of the molecule is CCCCC(=O)Nc1cc2nc(CCCC)n(Cc3ccc(-c4ccccc4S(=O)(=O)NC(=O)C(C)C4CCCC4)cc3)c2nc1C. The van der Waals surface area contributed by atoms with Crippen LogP contribution in [0.2, 0.25) is 0 Å². The van der Waals surface area contributed by atoms with Crippen molar-refractivity contribution >= 4 is 38.7 Å². The van der Waals surface area contributed by atoms with E-state index in [1.54, 1.807) is 24.3 Å². The van der Waals surface area contributed by atoms with Gasteiger partial charge in [0.2, 0.25) is 11.8 Å². The first-order chi connectivity index (χ1) is 22.6. The molecule has 1 atom stereocenters. The van der Waals surface area contributed by atoms with E-state index in [1.165, 1.54) is 0 Å². The number of unbranched alkanes of at least 4 members (excludes halogenated alkanes) is 2. The summed E-state index contributed by atoms with van der Waals surface area (Å²) in [5.41, 5.74) is 5.23. The Morgan fingerprint density at radius 3 is 2.38 bits per heavy atom. The molecule has 0 radical (unpaired) electrons. The molecule has 9 nitrogen and oxygen atoms in total. The van der Waals surface area contributed by atoms with E-state index in [0.717, 1.165) is 91.6 Å². The van der Waals surface area contributed by atoms with Crippen molar-refractivity contribution in [2.75, 3.05) is 5.32 Å². The molecule has 250 valence electrons. The van der Waals surface area contributed by atoms with Gasteiger partial charge in [-0.05, 0) is 61.8 Å². The third kappa shape index (κ3) is 8.09. The van der Waals surface area contributed by atoms with Crippen LogP contribution in [-0.2, 0) is 32.6 Å². The van der Waals surface area contributed by atoms with Gasteiger partial charge in [0.1, 0.15) is 11.3 Å². The van der Waals surface area contributed by atoms with Crippen LogP contribution < -0.4 is 10.0 Å². The van der Waals surface area contributed by atoms with Crippen LogP contribution in [0.25, 0.3) is 22.3 Å². The number of anilines is 1. The van der Waals surface area contributed by atoms with Crippen molar-refractivity contribution in [2.45, 2.75) is 103 Å². The first kappa shape index (κ1) is 34.3. The van der Waals surface area contributed by atoms with Crippen LogP contribution in [0, 0.1) is 18.8 Å². The standard InChI is InChI=1S/C37H47N5O4S/c1-5-7-17-34-39-32-23-31(40-35(43)18-8-6-2)26(4)38-36(32)42(34)24-27-19-21-29(22-20-27)30-15-11-12-16-33(30)47(45,46)41-37(44)25(3)28-13-9-10-14-28/h11-12,15-16,19-23,25,28H,5-10,13-14,17-18,24H2,1-4H3,(H,40,43)(H,41,44). The number of carbonyl (C=O) groups is 2. The number of aromatic nitrogens is 3. The van der Waals surface area contributed by atoms with E-state index in [9.17, 15) is 18.0 Å². The van der Waals surface area contributed by atoms with Gasteiger partial charge in [-0.15, -0.1) is 0 Å². The minimum absolute atomic E-state index is 0.0165. The maximum Gasteiger partial charge on any atom is 0.264 e. The van der Waals surface area contributed by atoms with Crippen molar-refractivity contribution in [1.82, 2.24) is 19.3 Å². The fraction of sp³-hybridized carbons (Fsp3) is 0.459. The summed E-state index contributed by atoms with van der Waals surface area (Å²) in [5, 5.41) is 3.01. The molecule has 2 aromatic carbocycles. The van der Waals surface area contributed by atoms with E-state index in [2.05, 4.69) is 28.5 Å². The van der Waals surface area contributed by atoms with Crippen molar-refractivity contribution in [3.63, 3.8) is 0 Å². The number of sulfonamides is 1. The number of nitrogens with one attached hydrogen (secondary N) is 2. The molecule has 1 unspecified atom stereocenters. The highest BCUT2D eigenvalue weighted by Crippen LogP contribution is 2.33. The van der Waals surface area contributed by atoms with Crippen molar-refractivity contribution < 1.29 is 18.0 Å². The van der Waals surface area contributed by atoms with Crippen LogP contribution in [-0.4, -0.2) is 34.8 Å². The molecular formula is C37H47N5O4S. The van der Waals surface area contributed by atoms with E-state index in [0.29, 0.717) is 24.2 Å². The highest BCUT2D eigenvalue weighted by Gasteiger charge is 2.30. The zero-order chi connectivity index (χ0) is 33.6. The van der Waals surface area contributed by atoms with Crippen molar-refractivity contribution in [3.8, 4) is 11.1 Å². The van der Waals surface area contributed by atoms with Gasteiger partial charge in [-0.1, -0.05) is 88.9 Å². The number of aryl methyl sites for hydroxylation is 2. The summed E-state index contributed by atoms with van der Waals surface area (Å²) < 4.78 is 31.4. The second-order valence-corrected chi connectivity index (χ2v) is 14.5. The largest absolute Gasteiger partial charge is 0.324 e. The summed E-state index contributed by atoms with van der Waals surface area (Å²) in [6.07, 6.45) is 9.19. The van der Waals surface area contributed by atoms with Crippen molar-refractivity contribution in [2.24, 2.45) is 11.8 Å². The monoisotopic (exact) mass is 657 g/mol. The minimum atomic E-state index is -4.07. The lowest BCUT2D eigenvalue weighted by Crippen LogP contribution is -2.37. The van der Waals surface area contributed by atoms with E-state index in [-0.39, 0.29) is 22.6 Å². The summed E-state index contributed by atoms with van der Waals surface area (Å²) in [7, 11) is -4.07. The Kier molecular flexibility index (Phi) is 11.1. The lowest BCUT2D eigenvalue weighted by Gasteiger charge is -2.19. The van der Waals surface area contributed by atoms with Crippen LogP contribution in [0.3, 0.4) is 0 Å². The van der Waals surface area contributed by atoms with Crippen molar-refractivity contribution in [3.05, 3.63) is 71.7 Å². The number of rotatable bonds is 14. The topological polar surface area (TPSA) is 123 Å². The number of amides is 2. The van der Waals surface area contributed by atoms with Gasteiger partial charge in [-0.2, -0.15) is 0 Å². The Hall–Kier alpha value is -4.05. The third-order valence-corrected chi connectivity index (χ3v) is 10.7. The molecule has 0 saturated heterocycles. The summed E-state index contributed by atoms with van der Waals surface area (Å²) in [5.74, 6) is 0.349. The van der Waals surface area contributed by atoms with Gasteiger partial charge in [0.05, 0.1) is 22.8 Å². The highest BCUT2D eigenvalue weighted by molar-refractivity contribution is 7.90. The van der Waals surface area contributed by atoms with Crippen LogP contribution in [0.15, 0.2) is 59.5 Å². The fourth-order valence-corrected chi connectivity index (χ4v) is 7.71. The number of pyridine rings is 1. The first-order valence-electron chi connectivity index (χ1n) is 17.0. The predicted molar refractivity (Wildman–Crippen MR) is 186 cm³/mol. The number of benzene rings is 2. The van der Waals surface area contributed by atoms with Gasteiger partial charge < -0.3 is 9.88 Å². The average molecular weight is 658 g/mol. The average Bonchev–Trinajstić information content (AvgIpc) is 3.71. The van der Waals surface area contributed by atoms with E-state index in [4.69, 9.17) is 9.97 Å². The Bertz CT molecular complexity index is 1830. The van der Waals surface area contributed by atoms with Crippen LogP contribution in [0.5, 0.6) is 0 Å². The molecule has 1 aliphatic carbocycles. The third-order valence-electron chi connectivity index (χ3n) is 9.31. The van der Waals surface area contributed by atoms with E-state index in [1.807, 2.05) is 44.2 Å². The Labute approximate surface area is 278 Å². The molecule has 5 rings (SSSR count). The molecule has 1 saturated carbocycles. The number of fused-ring (bicyclic) bond motifs is 1. The Morgan fingerprint density at radius 2 is 1.68 bits per heavy atom. The van der Waals surface area contributed by atoms with Crippen molar-refractivity contribution in [1.29, 1.82) is 0 Å². The Balaban J connectivity index is 1.39. The molecule has 2 heterocycles. The lowest BCUT2D eigenvalue weighted by molar-refractivity contribution is -0.124.